The number of methoxy groups -OCH3 is 1. The van der Waals surface area contributed by atoms with E-state index in [0.29, 0.717) is 29.7 Å². The molecule has 0 amide bonds. The van der Waals surface area contributed by atoms with Crippen LogP contribution in [0, 0.1) is 0 Å². The molecule has 0 aliphatic carbocycles. The van der Waals surface area contributed by atoms with Crippen molar-refractivity contribution in [1.82, 2.24) is 4.98 Å². The SMILES string of the molecule is COc1cc(Cl)cc(CN)c1OCc1nccs1. The third-order valence-electron chi connectivity index (χ3n) is 2.36. The molecule has 1 heterocycles. The van der Waals surface area contributed by atoms with E-state index in [2.05, 4.69) is 4.98 Å². The second-order valence-corrected chi connectivity index (χ2v) is 4.93. The monoisotopic (exact) mass is 284 g/mol. The van der Waals surface area contributed by atoms with Gasteiger partial charge in [0.05, 0.1) is 7.11 Å². The Labute approximate surface area is 114 Å². The van der Waals surface area contributed by atoms with Gasteiger partial charge in [-0.3, -0.25) is 0 Å². The topological polar surface area (TPSA) is 57.4 Å². The third-order valence-corrected chi connectivity index (χ3v) is 3.33. The lowest BCUT2D eigenvalue weighted by Crippen LogP contribution is -2.04. The number of hydrogen-bond acceptors (Lipinski definition) is 5. The van der Waals surface area contributed by atoms with Crippen LogP contribution in [-0.4, -0.2) is 12.1 Å². The average molecular weight is 285 g/mol. The highest BCUT2D eigenvalue weighted by Gasteiger charge is 2.12. The van der Waals surface area contributed by atoms with Gasteiger partial charge in [-0.25, -0.2) is 4.98 Å². The van der Waals surface area contributed by atoms with E-state index in [-0.39, 0.29) is 0 Å². The lowest BCUT2D eigenvalue weighted by molar-refractivity contribution is 0.281. The molecule has 0 radical (unpaired) electrons. The Morgan fingerprint density at radius 1 is 1.44 bits per heavy atom. The molecule has 0 saturated carbocycles. The number of benzene rings is 1. The number of nitrogens with two attached hydrogens (primary N) is 1. The molecule has 0 bridgehead atoms. The van der Waals surface area contributed by atoms with Crippen LogP contribution in [0.25, 0.3) is 0 Å². The summed E-state index contributed by atoms with van der Waals surface area (Å²) in [6.45, 7) is 0.729. The molecule has 0 unspecified atom stereocenters. The maximum absolute atomic E-state index is 5.98. The molecule has 96 valence electrons. The minimum absolute atomic E-state index is 0.337. The normalized spacial score (nSPS) is 10.4. The quantitative estimate of drug-likeness (QED) is 0.917. The van der Waals surface area contributed by atoms with Gasteiger partial charge in [-0.15, -0.1) is 11.3 Å². The molecule has 0 fully saturated rings. The van der Waals surface area contributed by atoms with Crippen LogP contribution in [0.2, 0.25) is 5.02 Å². The molecule has 2 aromatic rings. The number of nitrogens with zero attached hydrogens (tertiary/aromatic N) is 1. The standard InChI is InChI=1S/C12H13ClN2O2S/c1-16-10-5-9(13)4-8(6-14)12(10)17-7-11-15-2-3-18-11/h2-5H,6-7,14H2,1H3. The van der Waals surface area contributed by atoms with E-state index in [0.717, 1.165) is 10.6 Å². The Balaban J connectivity index is 2.24. The first-order chi connectivity index (χ1) is 8.74. The number of ether oxygens (including phenoxy) is 2. The fourth-order valence-corrected chi connectivity index (χ4v) is 2.31. The van der Waals surface area contributed by atoms with Gasteiger partial charge in [0.25, 0.3) is 0 Å². The molecule has 1 aromatic heterocycles. The highest BCUT2D eigenvalue weighted by atomic mass is 35.5. The van der Waals surface area contributed by atoms with Gasteiger partial charge >= 0.3 is 0 Å². The summed E-state index contributed by atoms with van der Waals surface area (Å²) in [6.07, 6.45) is 1.74. The molecule has 0 saturated heterocycles. The largest absolute Gasteiger partial charge is 0.493 e. The van der Waals surface area contributed by atoms with Crippen molar-refractivity contribution in [3.8, 4) is 11.5 Å². The summed E-state index contributed by atoms with van der Waals surface area (Å²) in [5, 5.41) is 3.38. The lowest BCUT2D eigenvalue weighted by Gasteiger charge is -2.14. The van der Waals surface area contributed by atoms with E-state index in [9.17, 15) is 0 Å². The first kappa shape index (κ1) is 13.1. The predicted molar refractivity (Wildman–Crippen MR) is 72.3 cm³/mol. The maximum Gasteiger partial charge on any atom is 0.166 e. The Kier molecular flexibility index (Phi) is 4.41. The molecule has 2 N–H and O–H groups in total. The molecule has 6 heteroatoms. The van der Waals surface area contributed by atoms with Crippen LogP contribution >= 0.6 is 22.9 Å². The third kappa shape index (κ3) is 2.93. The Morgan fingerprint density at radius 2 is 2.28 bits per heavy atom. The van der Waals surface area contributed by atoms with Gasteiger partial charge in [-0.1, -0.05) is 11.6 Å². The van der Waals surface area contributed by atoms with Crippen molar-refractivity contribution >= 4 is 22.9 Å². The number of thiazole rings is 1. The van der Waals surface area contributed by atoms with Crippen LogP contribution < -0.4 is 15.2 Å². The summed E-state index contributed by atoms with van der Waals surface area (Å²) in [6, 6.07) is 3.49. The molecular weight excluding hydrogens is 272 g/mol. The Morgan fingerprint density at radius 3 is 2.89 bits per heavy atom. The van der Waals surface area contributed by atoms with Gasteiger partial charge in [-0.2, -0.15) is 0 Å². The molecular formula is C12H13ClN2O2S. The van der Waals surface area contributed by atoms with Crippen LogP contribution in [0.4, 0.5) is 0 Å². The molecule has 18 heavy (non-hydrogen) atoms. The zero-order valence-electron chi connectivity index (χ0n) is 9.85. The van der Waals surface area contributed by atoms with E-state index in [1.165, 1.54) is 11.3 Å². The minimum atomic E-state index is 0.337. The van der Waals surface area contributed by atoms with Crippen molar-refractivity contribution in [1.29, 1.82) is 0 Å². The van der Waals surface area contributed by atoms with Crippen molar-refractivity contribution in [3.05, 3.63) is 39.3 Å². The highest BCUT2D eigenvalue weighted by Crippen LogP contribution is 2.35. The van der Waals surface area contributed by atoms with Crippen LogP contribution in [0.15, 0.2) is 23.7 Å². The van der Waals surface area contributed by atoms with Crippen LogP contribution in [0.3, 0.4) is 0 Å². The smallest absolute Gasteiger partial charge is 0.166 e. The highest BCUT2D eigenvalue weighted by molar-refractivity contribution is 7.09. The number of hydrogen-bond donors (Lipinski definition) is 1. The lowest BCUT2D eigenvalue weighted by atomic mass is 10.2. The van der Waals surface area contributed by atoms with Crippen molar-refractivity contribution in [2.45, 2.75) is 13.2 Å². The Bertz CT molecular complexity index is 492. The molecule has 0 atom stereocenters. The average Bonchev–Trinajstić information content (AvgIpc) is 2.89. The number of halogens is 1. The maximum atomic E-state index is 5.98. The number of rotatable bonds is 5. The second-order valence-electron chi connectivity index (χ2n) is 3.51. The molecule has 2 rings (SSSR count). The Hall–Kier alpha value is -1.30. The second kappa shape index (κ2) is 6.04. The van der Waals surface area contributed by atoms with Gasteiger partial charge in [-0.05, 0) is 6.07 Å². The van der Waals surface area contributed by atoms with Gasteiger partial charge in [0, 0.05) is 34.8 Å². The zero-order valence-corrected chi connectivity index (χ0v) is 11.4. The minimum Gasteiger partial charge on any atom is -0.493 e. The molecule has 1 aromatic carbocycles. The van der Waals surface area contributed by atoms with Crippen molar-refractivity contribution < 1.29 is 9.47 Å². The van der Waals surface area contributed by atoms with Gasteiger partial charge < -0.3 is 15.2 Å². The van der Waals surface area contributed by atoms with Crippen LogP contribution in [-0.2, 0) is 13.2 Å². The van der Waals surface area contributed by atoms with Crippen molar-refractivity contribution in [2.24, 2.45) is 5.73 Å². The van der Waals surface area contributed by atoms with Gasteiger partial charge in [0.2, 0.25) is 0 Å². The van der Waals surface area contributed by atoms with E-state index < -0.39 is 0 Å². The first-order valence-corrected chi connectivity index (χ1v) is 6.58. The summed E-state index contributed by atoms with van der Waals surface area (Å²) in [4.78, 5) is 4.16. The van der Waals surface area contributed by atoms with Crippen LogP contribution in [0.5, 0.6) is 11.5 Å². The van der Waals surface area contributed by atoms with E-state index >= 15 is 0 Å². The molecule has 0 spiro atoms. The molecule has 0 aliphatic rings. The van der Waals surface area contributed by atoms with Crippen molar-refractivity contribution in [2.75, 3.05) is 7.11 Å². The fraction of sp³-hybridized carbons (Fsp3) is 0.250. The zero-order chi connectivity index (χ0) is 13.0. The molecule has 4 nitrogen and oxygen atoms in total. The summed E-state index contributed by atoms with van der Waals surface area (Å²) >= 11 is 7.52. The van der Waals surface area contributed by atoms with E-state index in [4.69, 9.17) is 26.8 Å². The van der Waals surface area contributed by atoms with Gasteiger partial charge in [0.1, 0.15) is 11.6 Å². The van der Waals surface area contributed by atoms with Crippen molar-refractivity contribution in [3.63, 3.8) is 0 Å². The van der Waals surface area contributed by atoms with Crippen LogP contribution in [0.1, 0.15) is 10.6 Å². The predicted octanol–water partition coefficient (Wildman–Crippen LogP) is 2.84. The number of aromatic nitrogens is 1. The first-order valence-electron chi connectivity index (χ1n) is 5.32. The summed E-state index contributed by atoms with van der Waals surface area (Å²) in [5.74, 6) is 1.21. The fourth-order valence-electron chi connectivity index (χ4n) is 1.55. The summed E-state index contributed by atoms with van der Waals surface area (Å²) in [5.41, 5.74) is 6.50. The van der Waals surface area contributed by atoms with Gasteiger partial charge in [0.15, 0.2) is 11.5 Å². The summed E-state index contributed by atoms with van der Waals surface area (Å²) in [7, 11) is 1.57. The van der Waals surface area contributed by atoms with E-state index in [1.54, 1.807) is 25.4 Å². The molecule has 0 aliphatic heterocycles. The van der Waals surface area contributed by atoms with E-state index in [1.807, 2.05) is 5.38 Å². The summed E-state index contributed by atoms with van der Waals surface area (Å²) < 4.78 is 11.0.